The molecule has 166 valence electrons. The highest BCUT2D eigenvalue weighted by Crippen LogP contribution is 2.34. The van der Waals surface area contributed by atoms with Crippen LogP contribution < -0.4 is 0 Å². The molecule has 0 bridgehead atoms. The average Bonchev–Trinajstić information content (AvgIpc) is 3.50. The van der Waals surface area contributed by atoms with Crippen molar-refractivity contribution in [3.05, 3.63) is 124 Å². The standard InChI is InChI=1S/C26H19N5O3/c1-16(23-14-27-15-28-23)17-7-9-19(10-8-17)29-25(18-5-3-2-4-6-18)24-21-13-20(31(33)34)11-12-22(21)30-26(24)32/h2-15,30,32H,1H2,(H,27,28). The van der Waals surface area contributed by atoms with Crippen molar-refractivity contribution in [2.75, 3.05) is 0 Å². The van der Waals surface area contributed by atoms with E-state index in [2.05, 4.69) is 21.5 Å². The molecule has 0 aliphatic rings. The normalized spacial score (nSPS) is 11.6. The van der Waals surface area contributed by atoms with Gasteiger partial charge < -0.3 is 15.1 Å². The molecule has 0 amide bonds. The van der Waals surface area contributed by atoms with Crippen molar-refractivity contribution >= 4 is 33.6 Å². The fourth-order valence-electron chi connectivity index (χ4n) is 3.82. The molecular weight excluding hydrogens is 430 g/mol. The minimum Gasteiger partial charge on any atom is -0.494 e. The van der Waals surface area contributed by atoms with Gasteiger partial charge in [-0.2, -0.15) is 0 Å². The Kier molecular flexibility index (Phi) is 5.23. The lowest BCUT2D eigenvalue weighted by atomic mass is 10.00. The molecule has 0 saturated carbocycles. The van der Waals surface area contributed by atoms with E-state index in [1.807, 2.05) is 54.6 Å². The van der Waals surface area contributed by atoms with E-state index in [1.165, 1.54) is 12.1 Å². The molecule has 0 spiro atoms. The number of hydrogen-bond donors (Lipinski definition) is 3. The van der Waals surface area contributed by atoms with Crippen LogP contribution in [-0.2, 0) is 0 Å². The van der Waals surface area contributed by atoms with E-state index in [9.17, 15) is 15.2 Å². The van der Waals surface area contributed by atoms with E-state index in [0.29, 0.717) is 27.9 Å². The number of fused-ring (bicyclic) bond motifs is 1. The summed E-state index contributed by atoms with van der Waals surface area (Å²) in [5.41, 5.74) is 5.35. The quantitative estimate of drug-likeness (QED) is 0.174. The zero-order valence-electron chi connectivity index (χ0n) is 17.9. The molecule has 3 N–H and O–H groups in total. The van der Waals surface area contributed by atoms with Gasteiger partial charge >= 0.3 is 0 Å². The van der Waals surface area contributed by atoms with Gasteiger partial charge in [-0.3, -0.25) is 10.1 Å². The van der Waals surface area contributed by atoms with Crippen LogP contribution in [0.5, 0.6) is 5.88 Å². The largest absolute Gasteiger partial charge is 0.494 e. The highest BCUT2D eigenvalue weighted by Gasteiger charge is 2.21. The van der Waals surface area contributed by atoms with E-state index in [0.717, 1.165) is 22.4 Å². The Hall–Kier alpha value is -4.98. The number of aromatic nitrogens is 3. The van der Waals surface area contributed by atoms with Gasteiger partial charge in [0.15, 0.2) is 5.88 Å². The number of nitro groups is 1. The van der Waals surface area contributed by atoms with Gasteiger partial charge in [0.1, 0.15) is 0 Å². The fourth-order valence-corrected chi connectivity index (χ4v) is 3.82. The molecule has 2 heterocycles. The second-order valence-corrected chi connectivity index (χ2v) is 7.65. The van der Waals surface area contributed by atoms with E-state index >= 15 is 0 Å². The van der Waals surface area contributed by atoms with Crippen LogP contribution in [0.25, 0.3) is 16.5 Å². The molecule has 0 aliphatic heterocycles. The Morgan fingerprint density at radius 3 is 2.47 bits per heavy atom. The summed E-state index contributed by atoms with van der Waals surface area (Å²) in [4.78, 5) is 25.7. The van der Waals surface area contributed by atoms with Crippen molar-refractivity contribution in [3.63, 3.8) is 0 Å². The average molecular weight is 449 g/mol. The predicted molar refractivity (Wildman–Crippen MR) is 132 cm³/mol. The fraction of sp³-hybridized carbons (Fsp3) is 0. The number of nitrogens with zero attached hydrogens (tertiary/aromatic N) is 3. The molecular formula is C26H19N5O3. The molecule has 0 fully saturated rings. The molecule has 0 radical (unpaired) electrons. The summed E-state index contributed by atoms with van der Waals surface area (Å²) in [5, 5.41) is 22.6. The summed E-state index contributed by atoms with van der Waals surface area (Å²) >= 11 is 0. The Morgan fingerprint density at radius 2 is 1.79 bits per heavy atom. The number of aromatic amines is 2. The maximum absolute atomic E-state index is 11.4. The molecule has 0 saturated heterocycles. The van der Waals surface area contributed by atoms with Crippen LogP contribution in [0.2, 0.25) is 0 Å². The van der Waals surface area contributed by atoms with Gasteiger partial charge in [0.2, 0.25) is 0 Å². The van der Waals surface area contributed by atoms with Crippen LogP contribution in [0, 0.1) is 10.1 Å². The van der Waals surface area contributed by atoms with Crippen LogP contribution in [0.1, 0.15) is 22.4 Å². The number of aliphatic imine (C=N–C) groups is 1. The lowest BCUT2D eigenvalue weighted by molar-refractivity contribution is -0.384. The number of imidazole rings is 1. The number of nitro benzene ring substituents is 1. The van der Waals surface area contributed by atoms with Crippen molar-refractivity contribution in [3.8, 4) is 5.88 Å². The summed E-state index contributed by atoms with van der Waals surface area (Å²) in [7, 11) is 0. The van der Waals surface area contributed by atoms with E-state index in [-0.39, 0.29) is 11.6 Å². The highest BCUT2D eigenvalue weighted by atomic mass is 16.6. The molecule has 0 unspecified atom stereocenters. The molecule has 3 aromatic carbocycles. The monoisotopic (exact) mass is 449 g/mol. The Balaban J connectivity index is 1.64. The number of aromatic hydroxyl groups is 1. The van der Waals surface area contributed by atoms with E-state index in [1.54, 1.807) is 18.6 Å². The molecule has 8 heteroatoms. The zero-order chi connectivity index (χ0) is 23.7. The van der Waals surface area contributed by atoms with Gasteiger partial charge in [0, 0.05) is 28.6 Å². The van der Waals surface area contributed by atoms with Gasteiger partial charge in [0.25, 0.3) is 5.69 Å². The van der Waals surface area contributed by atoms with Crippen LogP contribution in [0.4, 0.5) is 11.4 Å². The maximum atomic E-state index is 11.4. The number of rotatable bonds is 6. The lowest BCUT2D eigenvalue weighted by Crippen LogP contribution is -2.03. The third-order valence-corrected chi connectivity index (χ3v) is 5.54. The van der Waals surface area contributed by atoms with Gasteiger partial charge in [-0.15, -0.1) is 0 Å². The number of H-pyrrole nitrogens is 2. The number of nitrogens with one attached hydrogen (secondary N) is 2. The second kappa shape index (κ2) is 8.51. The Bertz CT molecular complexity index is 1530. The number of non-ortho nitro benzene ring substituents is 1. The van der Waals surface area contributed by atoms with Crippen LogP contribution in [-0.4, -0.2) is 30.7 Å². The first-order valence-corrected chi connectivity index (χ1v) is 10.4. The Labute approximate surface area is 194 Å². The first kappa shape index (κ1) is 20.9. The first-order chi connectivity index (χ1) is 16.5. The summed E-state index contributed by atoms with van der Waals surface area (Å²) in [5.74, 6) is -0.109. The van der Waals surface area contributed by atoms with Crippen molar-refractivity contribution in [1.29, 1.82) is 0 Å². The molecule has 0 atom stereocenters. The SMILES string of the molecule is C=C(c1ccc(N=C(c2ccccc2)c2c(O)[nH]c3ccc([N+](=O)[O-])cc23)cc1)c1cnc[nH]1. The van der Waals surface area contributed by atoms with Gasteiger partial charge in [0.05, 0.1) is 40.1 Å². The second-order valence-electron chi connectivity index (χ2n) is 7.65. The zero-order valence-corrected chi connectivity index (χ0v) is 17.9. The van der Waals surface area contributed by atoms with Crippen LogP contribution >= 0.6 is 0 Å². The first-order valence-electron chi connectivity index (χ1n) is 10.4. The number of benzene rings is 3. The summed E-state index contributed by atoms with van der Waals surface area (Å²) in [6, 6.07) is 21.3. The summed E-state index contributed by atoms with van der Waals surface area (Å²) in [6.45, 7) is 4.12. The summed E-state index contributed by atoms with van der Waals surface area (Å²) < 4.78 is 0. The molecule has 5 rings (SSSR count). The smallest absolute Gasteiger partial charge is 0.270 e. The molecule has 2 aromatic heterocycles. The third kappa shape index (κ3) is 3.84. The highest BCUT2D eigenvalue weighted by molar-refractivity contribution is 6.22. The Morgan fingerprint density at radius 1 is 1.03 bits per heavy atom. The predicted octanol–water partition coefficient (Wildman–Crippen LogP) is 5.74. The van der Waals surface area contributed by atoms with Gasteiger partial charge in [-0.25, -0.2) is 9.98 Å². The third-order valence-electron chi connectivity index (χ3n) is 5.54. The van der Waals surface area contributed by atoms with E-state index < -0.39 is 4.92 Å². The molecule has 8 nitrogen and oxygen atoms in total. The van der Waals surface area contributed by atoms with Crippen LogP contribution in [0.15, 0.2) is 96.9 Å². The van der Waals surface area contributed by atoms with Crippen LogP contribution in [0.3, 0.4) is 0 Å². The van der Waals surface area contributed by atoms with Crippen molar-refractivity contribution in [2.24, 2.45) is 4.99 Å². The van der Waals surface area contributed by atoms with E-state index in [4.69, 9.17) is 4.99 Å². The molecule has 34 heavy (non-hydrogen) atoms. The minimum absolute atomic E-state index is 0.0677. The van der Waals surface area contributed by atoms with Gasteiger partial charge in [-0.1, -0.05) is 49.0 Å². The van der Waals surface area contributed by atoms with Crippen molar-refractivity contribution < 1.29 is 10.0 Å². The topological polar surface area (TPSA) is 120 Å². The summed E-state index contributed by atoms with van der Waals surface area (Å²) in [6.07, 6.45) is 3.31. The van der Waals surface area contributed by atoms with Crippen molar-refractivity contribution in [1.82, 2.24) is 15.0 Å². The molecule has 5 aromatic rings. The lowest BCUT2D eigenvalue weighted by Gasteiger charge is -2.09. The maximum Gasteiger partial charge on any atom is 0.270 e. The molecule has 0 aliphatic carbocycles. The van der Waals surface area contributed by atoms with Crippen molar-refractivity contribution in [2.45, 2.75) is 0 Å². The minimum atomic E-state index is -0.460. The van der Waals surface area contributed by atoms with Gasteiger partial charge in [-0.05, 0) is 29.3 Å². The number of hydrogen-bond acceptors (Lipinski definition) is 5.